The molecule has 35 heavy (non-hydrogen) atoms. The maximum Gasteiger partial charge on any atom is 0.304 e. The van der Waals surface area contributed by atoms with E-state index in [2.05, 4.69) is 24.3 Å². The Morgan fingerprint density at radius 1 is 1.03 bits per heavy atom. The molecule has 3 aromatic carbocycles. The van der Waals surface area contributed by atoms with Crippen LogP contribution in [0.3, 0.4) is 0 Å². The molecule has 1 unspecified atom stereocenters. The number of nitrogens with one attached hydrogen (secondary N) is 1. The molecule has 7 heteroatoms. The number of carbonyl (C=O) groups is 1. The summed E-state index contributed by atoms with van der Waals surface area (Å²) >= 11 is 6.24. The van der Waals surface area contributed by atoms with Gasteiger partial charge in [0.2, 0.25) is 0 Å². The minimum absolute atomic E-state index is 0.104. The first-order chi connectivity index (χ1) is 16.8. The van der Waals surface area contributed by atoms with Crippen LogP contribution >= 0.6 is 11.6 Å². The first kappa shape index (κ1) is 26.3. The van der Waals surface area contributed by atoms with Crippen molar-refractivity contribution >= 4 is 23.3 Å². The van der Waals surface area contributed by atoms with Gasteiger partial charge in [0.1, 0.15) is 12.4 Å². The van der Waals surface area contributed by atoms with Crippen molar-refractivity contribution in [2.24, 2.45) is 5.16 Å². The molecule has 3 aromatic rings. The molecular formula is C28H31ClN2O4. The molecule has 0 aliphatic heterocycles. The zero-order valence-corrected chi connectivity index (χ0v) is 21.0. The Labute approximate surface area is 211 Å². The summed E-state index contributed by atoms with van der Waals surface area (Å²) in [5, 5.41) is 16.8. The van der Waals surface area contributed by atoms with Crippen molar-refractivity contribution in [2.45, 2.75) is 46.4 Å². The standard InChI is InChI=1S/C28H31ClN2O4/c1-19-7-12-26(15-20(19)2)35-28(24-5-4-6-25(29)16-24)21(3)31-34-18-23-10-8-22(9-11-23)17-30-14-13-27(32)33/h4-12,15-16,28,30H,13-14,17-18H2,1-3H3,(H,32,33)/b31-21+. The molecule has 0 aliphatic rings. The van der Waals surface area contributed by atoms with Crippen LogP contribution in [0.15, 0.2) is 71.9 Å². The molecule has 0 saturated heterocycles. The number of hydrogen-bond donors (Lipinski definition) is 2. The SMILES string of the molecule is C/C(=N\OCc1ccc(CNCCC(=O)O)cc1)C(Oc1ccc(C)c(C)c1)c1cccc(Cl)c1. The molecule has 3 rings (SSSR count). The molecule has 0 saturated carbocycles. The number of benzene rings is 3. The molecular weight excluding hydrogens is 464 g/mol. The number of rotatable bonds is 12. The van der Waals surface area contributed by atoms with E-state index in [9.17, 15) is 4.79 Å². The Balaban J connectivity index is 1.64. The second kappa shape index (κ2) is 12.9. The van der Waals surface area contributed by atoms with E-state index in [1.807, 2.05) is 73.7 Å². The fraction of sp³-hybridized carbons (Fsp3) is 0.286. The average Bonchev–Trinajstić information content (AvgIpc) is 2.83. The molecule has 0 aliphatic carbocycles. The number of carboxylic acid groups (broad SMARTS) is 1. The second-order valence-electron chi connectivity index (χ2n) is 8.44. The first-order valence-corrected chi connectivity index (χ1v) is 11.9. The van der Waals surface area contributed by atoms with Crippen molar-refractivity contribution in [1.29, 1.82) is 0 Å². The predicted molar refractivity (Wildman–Crippen MR) is 139 cm³/mol. The number of oxime groups is 1. The minimum Gasteiger partial charge on any atom is -0.481 e. The smallest absolute Gasteiger partial charge is 0.304 e. The largest absolute Gasteiger partial charge is 0.481 e. The lowest BCUT2D eigenvalue weighted by Crippen LogP contribution is -2.17. The highest BCUT2D eigenvalue weighted by Crippen LogP contribution is 2.27. The van der Waals surface area contributed by atoms with Crippen LogP contribution in [0, 0.1) is 13.8 Å². The lowest BCUT2D eigenvalue weighted by atomic mass is 10.1. The third-order valence-electron chi connectivity index (χ3n) is 5.57. The van der Waals surface area contributed by atoms with E-state index in [4.69, 9.17) is 26.3 Å². The van der Waals surface area contributed by atoms with Crippen LogP contribution in [0.4, 0.5) is 0 Å². The number of halogens is 1. The van der Waals surface area contributed by atoms with E-state index in [-0.39, 0.29) is 6.42 Å². The maximum absolute atomic E-state index is 10.6. The van der Waals surface area contributed by atoms with Crippen LogP contribution in [0.1, 0.15) is 47.3 Å². The Morgan fingerprint density at radius 2 is 1.77 bits per heavy atom. The van der Waals surface area contributed by atoms with E-state index >= 15 is 0 Å². The highest BCUT2D eigenvalue weighted by molar-refractivity contribution is 6.30. The van der Waals surface area contributed by atoms with Crippen LogP contribution in [0.2, 0.25) is 5.02 Å². The molecule has 2 N–H and O–H groups in total. The molecule has 0 amide bonds. The number of ether oxygens (including phenoxy) is 1. The fourth-order valence-corrected chi connectivity index (χ4v) is 3.62. The van der Waals surface area contributed by atoms with Gasteiger partial charge in [0.25, 0.3) is 0 Å². The monoisotopic (exact) mass is 494 g/mol. The van der Waals surface area contributed by atoms with Crippen LogP contribution < -0.4 is 10.1 Å². The lowest BCUT2D eigenvalue weighted by molar-refractivity contribution is -0.136. The normalized spacial score (nSPS) is 12.3. The molecule has 0 fully saturated rings. The van der Waals surface area contributed by atoms with Gasteiger partial charge in [-0.25, -0.2) is 0 Å². The first-order valence-electron chi connectivity index (χ1n) is 11.5. The molecule has 0 bridgehead atoms. The summed E-state index contributed by atoms with van der Waals surface area (Å²) < 4.78 is 6.32. The summed E-state index contributed by atoms with van der Waals surface area (Å²) in [6, 6.07) is 21.5. The Morgan fingerprint density at radius 3 is 2.46 bits per heavy atom. The summed E-state index contributed by atoms with van der Waals surface area (Å²) in [4.78, 5) is 16.2. The van der Waals surface area contributed by atoms with Crippen molar-refractivity contribution < 1.29 is 19.5 Å². The summed E-state index contributed by atoms with van der Waals surface area (Å²) in [6.45, 7) is 7.36. The van der Waals surface area contributed by atoms with Gasteiger partial charge in [0.15, 0.2) is 6.10 Å². The van der Waals surface area contributed by atoms with Crippen molar-refractivity contribution in [3.05, 3.63) is 99.6 Å². The summed E-state index contributed by atoms with van der Waals surface area (Å²) in [6.07, 6.45) is -0.345. The van der Waals surface area contributed by atoms with Crippen molar-refractivity contribution in [3.8, 4) is 5.75 Å². The highest BCUT2D eigenvalue weighted by atomic mass is 35.5. The van der Waals surface area contributed by atoms with Crippen molar-refractivity contribution in [1.82, 2.24) is 5.32 Å². The van der Waals surface area contributed by atoms with E-state index in [1.54, 1.807) is 0 Å². The summed E-state index contributed by atoms with van der Waals surface area (Å²) in [5.74, 6) is -0.0574. The molecule has 184 valence electrons. The second-order valence-corrected chi connectivity index (χ2v) is 8.88. The van der Waals surface area contributed by atoms with Crippen molar-refractivity contribution in [3.63, 3.8) is 0 Å². The number of aliphatic carboxylic acids is 1. The highest BCUT2D eigenvalue weighted by Gasteiger charge is 2.19. The van der Waals surface area contributed by atoms with Gasteiger partial charge in [-0.3, -0.25) is 4.79 Å². The van der Waals surface area contributed by atoms with Gasteiger partial charge in [-0.05, 0) is 72.9 Å². The number of hydrogen-bond acceptors (Lipinski definition) is 5. The van der Waals surface area contributed by atoms with Gasteiger partial charge < -0.3 is 20.0 Å². The predicted octanol–water partition coefficient (Wildman–Crippen LogP) is 6.23. The third-order valence-corrected chi connectivity index (χ3v) is 5.81. The van der Waals surface area contributed by atoms with E-state index in [0.717, 1.165) is 28.0 Å². The van der Waals surface area contributed by atoms with E-state index in [0.29, 0.717) is 30.4 Å². The Kier molecular flexibility index (Phi) is 9.70. The molecule has 6 nitrogen and oxygen atoms in total. The van der Waals surface area contributed by atoms with Gasteiger partial charge in [0.05, 0.1) is 12.1 Å². The van der Waals surface area contributed by atoms with Gasteiger partial charge in [-0.15, -0.1) is 0 Å². The molecule has 0 aromatic heterocycles. The maximum atomic E-state index is 10.6. The Bertz CT molecular complexity index is 1160. The minimum atomic E-state index is -0.808. The van der Waals surface area contributed by atoms with Crippen molar-refractivity contribution in [2.75, 3.05) is 6.54 Å². The van der Waals surface area contributed by atoms with E-state index < -0.39 is 12.1 Å². The quantitative estimate of drug-likeness (QED) is 0.177. The topological polar surface area (TPSA) is 80.2 Å². The number of aryl methyl sites for hydroxylation is 2. The fourth-order valence-electron chi connectivity index (χ4n) is 3.43. The Hall–Kier alpha value is -3.35. The summed E-state index contributed by atoms with van der Waals surface area (Å²) in [7, 11) is 0. The molecule has 0 spiro atoms. The molecule has 0 radical (unpaired) electrons. The third kappa shape index (κ3) is 8.42. The van der Waals surface area contributed by atoms with Gasteiger partial charge in [-0.1, -0.05) is 59.2 Å². The number of nitrogens with zero attached hydrogens (tertiary/aromatic N) is 1. The summed E-state index contributed by atoms with van der Waals surface area (Å²) in [5.41, 5.74) is 5.96. The zero-order chi connectivity index (χ0) is 25.2. The van der Waals surface area contributed by atoms with E-state index in [1.165, 1.54) is 5.56 Å². The van der Waals surface area contributed by atoms with Gasteiger partial charge in [-0.2, -0.15) is 0 Å². The van der Waals surface area contributed by atoms with Crippen LogP contribution in [0.5, 0.6) is 5.75 Å². The average molecular weight is 495 g/mol. The zero-order valence-electron chi connectivity index (χ0n) is 20.3. The number of carboxylic acids is 1. The molecule has 0 heterocycles. The van der Waals surface area contributed by atoms with Crippen LogP contribution in [-0.2, 0) is 22.8 Å². The lowest BCUT2D eigenvalue weighted by Gasteiger charge is -2.20. The molecule has 1 atom stereocenters. The van der Waals surface area contributed by atoms with Gasteiger partial charge >= 0.3 is 5.97 Å². The van der Waals surface area contributed by atoms with Crippen LogP contribution in [0.25, 0.3) is 0 Å². The van der Waals surface area contributed by atoms with Gasteiger partial charge in [0, 0.05) is 18.1 Å². The van der Waals surface area contributed by atoms with Crippen LogP contribution in [-0.4, -0.2) is 23.3 Å².